The number of nitrogens with zero attached hydrogens (tertiary/aromatic N) is 2. The van der Waals surface area contributed by atoms with Crippen LogP contribution >= 0.6 is 34.8 Å². The zero-order valence-corrected chi connectivity index (χ0v) is 24.9. The summed E-state index contributed by atoms with van der Waals surface area (Å²) < 4.78 is 28.7. The Morgan fingerprint density at radius 3 is 2.26 bits per heavy atom. The Balaban J connectivity index is 2.06. The Bertz CT molecular complexity index is 1440. The first-order valence-corrected chi connectivity index (χ1v) is 14.9. The van der Waals surface area contributed by atoms with E-state index in [0.717, 1.165) is 10.7 Å². The lowest BCUT2D eigenvalue weighted by molar-refractivity contribution is -0.139. The molecule has 1 atom stereocenters. The van der Waals surface area contributed by atoms with Crippen LogP contribution in [0.15, 0.2) is 71.6 Å². The number of benzene rings is 3. The number of carbonyl (C=O) groups excluding carboxylic acids is 2. The van der Waals surface area contributed by atoms with E-state index in [-0.39, 0.29) is 23.0 Å². The van der Waals surface area contributed by atoms with Gasteiger partial charge in [0.15, 0.2) is 0 Å². The number of rotatable bonds is 11. The van der Waals surface area contributed by atoms with E-state index in [2.05, 4.69) is 5.32 Å². The van der Waals surface area contributed by atoms with Crippen molar-refractivity contribution < 1.29 is 18.0 Å². The predicted molar refractivity (Wildman–Crippen MR) is 157 cm³/mol. The van der Waals surface area contributed by atoms with E-state index in [1.54, 1.807) is 68.4 Å². The Morgan fingerprint density at radius 1 is 0.923 bits per heavy atom. The fourth-order valence-corrected chi connectivity index (χ4v) is 5.90. The summed E-state index contributed by atoms with van der Waals surface area (Å²) in [6.45, 7) is 5.08. The maximum absolute atomic E-state index is 13.9. The van der Waals surface area contributed by atoms with Crippen molar-refractivity contribution in [1.82, 2.24) is 10.2 Å². The van der Waals surface area contributed by atoms with E-state index in [4.69, 9.17) is 34.8 Å². The van der Waals surface area contributed by atoms with Gasteiger partial charge >= 0.3 is 0 Å². The summed E-state index contributed by atoms with van der Waals surface area (Å²) in [6, 6.07) is 16.7. The Kier molecular flexibility index (Phi) is 10.7. The standard InChI is InChI=1S/C28H30Cl3N3O4S/c1-4-15-32-28(36)20(3)33(17-21-13-14-24(30)25(31)16-21)27(35)18-34(26-12-8-11-23(29)19(26)2)39(37,38)22-9-6-5-7-10-22/h5-14,16,20H,4,15,17-18H2,1-3H3,(H,32,36)/t20-/m0/s1. The number of hydrogen-bond acceptors (Lipinski definition) is 4. The number of sulfonamides is 1. The third kappa shape index (κ3) is 7.45. The number of anilines is 1. The van der Waals surface area contributed by atoms with Gasteiger partial charge in [-0.05, 0) is 67.8 Å². The molecule has 2 amide bonds. The minimum absolute atomic E-state index is 0.00415. The van der Waals surface area contributed by atoms with Crippen LogP contribution < -0.4 is 9.62 Å². The van der Waals surface area contributed by atoms with Crippen LogP contribution in [-0.2, 0) is 26.2 Å². The van der Waals surface area contributed by atoms with E-state index in [1.807, 2.05) is 6.92 Å². The monoisotopic (exact) mass is 609 g/mol. The maximum Gasteiger partial charge on any atom is 0.264 e. The quantitative estimate of drug-likeness (QED) is 0.285. The number of halogens is 3. The van der Waals surface area contributed by atoms with Crippen LogP contribution in [0.2, 0.25) is 15.1 Å². The van der Waals surface area contributed by atoms with Gasteiger partial charge in [0.1, 0.15) is 12.6 Å². The molecule has 0 radical (unpaired) electrons. The SMILES string of the molecule is CCCNC(=O)[C@H](C)N(Cc1ccc(Cl)c(Cl)c1)C(=O)CN(c1cccc(Cl)c1C)S(=O)(=O)c1ccccc1. The van der Waals surface area contributed by atoms with Crippen molar-refractivity contribution in [3.63, 3.8) is 0 Å². The van der Waals surface area contributed by atoms with Gasteiger partial charge in [0, 0.05) is 18.1 Å². The molecule has 1 N–H and O–H groups in total. The van der Waals surface area contributed by atoms with Gasteiger partial charge in [-0.2, -0.15) is 0 Å². The van der Waals surface area contributed by atoms with Crippen molar-refractivity contribution in [2.45, 2.75) is 44.7 Å². The molecule has 0 aliphatic rings. The van der Waals surface area contributed by atoms with Gasteiger partial charge < -0.3 is 10.2 Å². The van der Waals surface area contributed by atoms with Crippen molar-refractivity contribution in [2.75, 3.05) is 17.4 Å². The lowest BCUT2D eigenvalue weighted by Gasteiger charge is -2.32. The molecule has 0 aromatic heterocycles. The van der Waals surface area contributed by atoms with Gasteiger partial charge in [-0.15, -0.1) is 0 Å². The first-order chi connectivity index (χ1) is 18.5. The zero-order valence-electron chi connectivity index (χ0n) is 21.8. The van der Waals surface area contributed by atoms with Gasteiger partial charge in [-0.1, -0.05) is 72.1 Å². The molecular weight excluding hydrogens is 581 g/mol. The molecule has 0 heterocycles. The van der Waals surface area contributed by atoms with Crippen LogP contribution in [0.4, 0.5) is 5.69 Å². The highest BCUT2D eigenvalue weighted by atomic mass is 35.5. The van der Waals surface area contributed by atoms with Crippen molar-refractivity contribution >= 4 is 62.3 Å². The third-order valence-electron chi connectivity index (χ3n) is 6.17. The summed E-state index contributed by atoms with van der Waals surface area (Å²) in [6.07, 6.45) is 0.719. The molecule has 0 fully saturated rings. The second-order valence-corrected chi connectivity index (χ2v) is 12.0. The third-order valence-corrected chi connectivity index (χ3v) is 9.09. The predicted octanol–water partition coefficient (Wildman–Crippen LogP) is 6.09. The fraction of sp³-hybridized carbons (Fsp3) is 0.286. The van der Waals surface area contributed by atoms with Crippen LogP contribution in [0.25, 0.3) is 0 Å². The summed E-state index contributed by atoms with van der Waals surface area (Å²) in [5.41, 5.74) is 1.39. The summed E-state index contributed by atoms with van der Waals surface area (Å²) in [5.74, 6) is -0.944. The molecule has 11 heteroatoms. The van der Waals surface area contributed by atoms with E-state index in [0.29, 0.717) is 32.7 Å². The Morgan fingerprint density at radius 2 is 1.62 bits per heavy atom. The molecular formula is C28H30Cl3N3O4S. The molecule has 3 aromatic rings. The van der Waals surface area contributed by atoms with Crippen molar-refractivity contribution in [1.29, 1.82) is 0 Å². The van der Waals surface area contributed by atoms with Crippen molar-refractivity contribution in [3.8, 4) is 0 Å². The number of hydrogen-bond donors (Lipinski definition) is 1. The van der Waals surface area contributed by atoms with Crippen LogP contribution in [0.1, 0.15) is 31.4 Å². The Labute approximate surface area is 244 Å². The van der Waals surface area contributed by atoms with Gasteiger partial charge in [-0.3, -0.25) is 13.9 Å². The van der Waals surface area contributed by atoms with E-state index >= 15 is 0 Å². The second kappa shape index (κ2) is 13.5. The summed E-state index contributed by atoms with van der Waals surface area (Å²) in [4.78, 5) is 28.2. The van der Waals surface area contributed by atoms with Crippen LogP contribution in [0, 0.1) is 6.92 Å². The van der Waals surface area contributed by atoms with Crippen LogP contribution in [-0.4, -0.2) is 44.3 Å². The summed E-state index contributed by atoms with van der Waals surface area (Å²) >= 11 is 18.6. The summed E-state index contributed by atoms with van der Waals surface area (Å²) in [7, 11) is -4.18. The fourth-order valence-electron chi connectivity index (χ4n) is 3.91. The molecule has 0 unspecified atom stereocenters. The maximum atomic E-state index is 13.9. The molecule has 3 rings (SSSR count). The lowest BCUT2D eigenvalue weighted by Crippen LogP contribution is -2.51. The summed E-state index contributed by atoms with van der Waals surface area (Å²) in [5, 5.41) is 3.81. The molecule has 0 saturated heterocycles. The second-order valence-electron chi connectivity index (χ2n) is 8.95. The molecule has 7 nitrogen and oxygen atoms in total. The first kappa shape index (κ1) is 30.8. The average Bonchev–Trinajstić information content (AvgIpc) is 2.92. The molecule has 0 spiro atoms. The number of amides is 2. The molecule has 0 saturated carbocycles. The lowest BCUT2D eigenvalue weighted by atomic mass is 10.1. The smallest absolute Gasteiger partial charge is 0.264 e. The van der Waals surface area contributed by atoms with E-state index < -0.39 is 28.5 Å². The molecule has 0 bridgehead atoms. The van der Waals surface area contributed by atoms with Gasteiger partial charge in [0.05, 0.1) is 20.6 Å². The molecule has 3 aromatic carbocycles. The first-order valence-electron chi connectivity index (χ1n) is 12.3. The average molecular weight is 611 g/mol. The van der Waals surface area contributed by atoms with E-state index in [9.17, 15) is 18.0 Å². The topological polar surface area (TPSA) is 86.8 Å². The van der Waals surface area contributed by atoms with Crippen molar-refractivity contribution in [2.24, 2.45) is 0 Å². The van der Waals surface area contributed by atoms with Gasteiger partial charge in [0.2, 0.25) is 11.8 Å². The van der Waals surface area contributed by atoms with Crippen LogP contribution in [0.5, 0.6) is 0 Å². The normalized spacial score (nSPS) is 12.1. The molecule has 39 heavy (non-hydrogen) atoms. The highest BCUT2D eigenvalue weighted by molar-refractivity contribution is 7.92. The Hall–Kier alpha value is -2.78. The number of nitrogens with one attached hydrogen (secondary N) is 1. The highest BCUT2D eigenvalue weighted by Gasteiger charge is 2.33. The molecule has 0 aliphatic heterocycles. The molecule has 208 valence electrons. The zero-order chi connectivity index (χ0) is 28.7. The minimum atomic E-state index is -4.18. The van der Waals surface area contributed by atoms with Gasteiger partial charge in [0.25, 0.3) is 10.0 Å². The van der Waals surface area contributed by atoms with Gasteiger partial charge in [-0.25, -0.2) is 8.42 Å². The highest BCUT2D eigenvalue weighted by Crippen LogP contribution is 2.31. The van der Waals surface area contributed by atoms with E-state index in [1.165, 1.54) is 17.0 Å². The minimum Gasteiger partial charge on any atom is -0.354 e. The molecule has 0 aliphatic carbocycles. The van der Waals surface area contributed by atoms with Crippen LogP contribution in [0.3, 0.4) is 0 Å². The number of carbonyl (C=O) groups is 2. The largest absolute Gasteiger partial charge is 0.354 e. The van der Waals surface area contributed by atoms with Crippen molar-refractivity contribution in [3.05, 3.63) is 92.9 Å².